The van der Waals surface area contributed by atoms with Gasteiger partial charge in [0.05, 0.1) is 46.5 Å². The normalized spacial score (nSPS) is 41.8. The molecule has 9 atom stereocenters. The Balaban J connectivity index is 1.59. The zero-order chi connectivity index (χ0) is 26.6. The van der Waals surface area contributed by atoms with E-state index < -0.39 is 35.6 Å². The summed E-state index contributed by atoms with van der Waals surface area (Å²) in [5, 5.41) is 24.9. The number of rotatable bonds is 2. The number of aromatic nitrogens is 1. The molecule has 1 aromatic rings. The lowest BCUT2D eigenvalue weighted by atomic mass is 9.72. The van der Waals surface area contributed by atoms with Crippen LogP contribution in [0.2, 0.25) is 0 Å². The number of cyclic esters (lactones) is 1. The maximum absolute atomic E-state index is 13.3. The largest absolute Gasteiger partial charge is 0.458 e. The van der Waals surface area contributed by atoms with Gasteiger partial charge in [-0.1, -0.05) is 27.7 Å². The van der Waals surface area contributed by atoms with Crippen LogP contribution in [0.4, 0.5) is 0 Å². The van der Waals surface area contributed by atoms with E-state index >= 15 is 0 Å². The lowest BCUT2D eigenvalue weighted by Gasteiger charge is -2.34. The molecule has 8 heteroatoms. The van der Waals surface area contributed by atoms with Gasteiger partial charge < -0.3 is 19.7 Å². The molecule has 2 aliphatic heterocycles. The molecular weight excluding hydrogens is 478 g/mol. The summed E-state index contributed by atoms with van der Waals surface area (Å²) in [5.41, 5.74) is 0.209. The highest BCUT2D eigenvalue weighted by atomic mass is 32.1. The first-order valence-corrected chi connectivity index (χ1v) is 14.0. The Kier molecular flexibility index (Phi) is 7.57. The van der Waals surface area contributed by atoms with Gasteiger partial charge in [-0.2, -0.15) is 0 Å². The van der Waals surface area contributed by atoms with E-state index in [0.717, 1.165) is 29.1 Å². The van der Waals surface area contributed by atoms with Gasteiger partial charge in [0.1, 0.15) is 11.9 Å². The molecule has 7 nitrogen and oxygen atoms in total. The number of thiazole rings is 1. The number of esters is 1. The minimum absolute atomic E-state index is 0.0277. The third-order valence-corrected chi connectivity index (χ3v) is 9.66. The number of aliphatic hydroxyl groups is 2. The van der Waals surface area contributed by atoms with Crippen LogP contribution in [0.15, 0.2) is 11.0 Å². The Morgan fingerprint density at radius 3 is 2.53 bits per heavy atom. The van der Waals surface area contributed by atoms with Crippen LogP contribution in [0.3, 0.4) is 0 Å². The van der Waals surface area contributed by atoms with Crippen LogP contribution in [0.5, 0.6) is 0 Å². The van der Waals surface area contributed by atoms with Crippen LogP contribution in [0.1, 0.15) is 77.9 Å². The van der Waals surface area contributed by atoms with Crippen molar-refractivity contribution in [2.24, 2.45) is 29.1 Å². The summed E-state index contributed by atoms with van der Waals surface area (Å²) in [5.74, 6) is -0.686. The molecule has 4 rings (SSSR count). The lowest BCUT2D eigenvalue weighted by molar-refractivity contribution is -0.154. The van der Waals surface area contributed by atoms with Gasteiger partial charge in [0, 0.05) is 17.7 Å². The minimum Gasteiger partial charge on any atom is -0.458 e. The summed E-state index contributed by atoms with van der Waals surface area (Å²) >= 11 is 1.56. The van der Waals surface area contributed by atoms with Crippen LogP contribution in [-0.2, 0) is 19.1 Å². The first-order valence-electron chi connectivity index (χ1n) is 13.1. The van der Waals surface area contributed by atoms with Crippen LogP contribution in [-0.4, -0.2) is 57.0 Å². The van der Waals surface area contributed by atoms with E-state index in [-0.39, 0.29) is 29.8 Å². The van der Waals surface area contributed by atoms with Crippen molar-refractivity contribution in [1.29, 1.82) is 0 Å². The van der Waals surface area contributed by atoms with Crippen molar-refractivity contribution < 1.29 is 29.3 Å². The Morgan fingerprint density at radius 1 is 1.19 bits per heavy atom. The van der Waals surface area contributed by atoms with Gasteiger partial charge in [0.2, 0.25) is 0 Å². The van der Waals surface area contributed by atoms with E-state index in [2.05, 4.69) is 11.9 Å². The molecule has 0 radical (unpaired) electrons. The molecule has 36 heavy (non-hydrogen) atoms. The van der Waals surface area contributed by atoms with E-state index in [4.69, 9.17) is 9.47 Å². The summed E-state index contributed by atoms with van der Waals surface area (Å²) in [4.78, 5) is 30.8. The molecule has 3 fully saturated rings. The molecule has 1 saturated carbocycles. The monoisotopic (exact) mass is 519 g/mol. The van der Waals surface area contributed by atoms with Crippen molar-refractivity contribution >= 4 is 29.2 Å². The Bertz CT molecular complexity index is 1030. The summed E-state index contributed by atoms with van der Waals surface area (Å²) in [6.45, 7) is 13.0. The van der Waals surface area contributed by atoms with Crippen LogP contribution in [0.25, 0.3) is 6.08 Å². The van der Waals surface area contributed by atoms with Gasteiger partial charge in [-0.3, -0.25) is 9.59 Å². The number of nitrogens with zero attached hydrogens (tertiary/aromatic N) is 1. The second-order valence-corrected chi connectivity index (χ2v) is 13.2. The minimum atomic E-state index is -1.22. The van der Waals surface area contributed by atoms with Crippen molar-refractivity contribution in [3.8, 4) is 0 Å². The lowest BCUT2D eigenvalue weighted by Crippen LogP contribution is -2.46. The molecule has 0 bridgehead atoms. The topological polar surface area (TPSA) is 109 Å². The fourth-order valence-electron chi connectivity index (χ4n) is 5.97. The maximum atomic E-state index is 13.3. The Morgan fingerprint density at radius 2 is 1.89 bits per heavy atom. The molecular formula is C28H41NO6S. The number of ether oxygens (including phenoxy) is 2. The first-order chi connectivity index (χ1) is 16.7. The van der Waals surface area contributed by atoms with E-state index in [0.29, 0.717) is 18.3 Å². The number of epoxide rings is 1. The summed E-state index contributed by atoms with van der Waals surface area (Å²) in [6.07, 6.45) is 1.49. The predicted octanol–water partition coefficient (Wildman–Crippen LogP) is 4.33. The Hall–Kier alpha value is -1.61. The van der Waals surface area contributed by atoms with E-state index in [1.54, 1.807) is 32.1 Å². The second kappa shape index (κ2) is 9.93. The predicted molar refractivity (Wildman–Crippen MR) is 138 cm³/mol. The van der Waals surface area contributed by atoms with Crippen molar-refractivity contribution in [3.63, 3.8) is 0 Å². The van der Waals surface area contributed by atoms with Gasteiger partial charge in [-0.25, -0.2) is 4.98 Å². The first kappa shape index (κ1) is 27.4. The van der Waals surface area contributed by atoms with E-state index in [1.165, 1.54) is 0 Å². The Labute approximate surface area is 218 Å². The third kappa shape index (κ3) is 5.62. The molecule has 2 N–H and O–H groups in total. The van der Waals surface area contributed by atoms with Crippen molar-refractivity contribution in [1.82, 2.24) is 4.98 Å². The average Bonchev–Trinajstić information content (AvgIpc) is 3.66. The molecule has 0 aromatic carbocycles. The molecule has 0 unspecified atom stereocenters. The summed E-state index contributed by atoms with van der Waals surface area (Å²) in [6, 6.07) is 0. The van der Waals surface area contributed by atoms with Gasteiger partial charge >= 0.3 is 5.97 Å². The number of fused-ring (bicyclic) bond motifs is 2. The highest BCUT2D eigenvalue weighted by Gasteiger charge is 2.58. The smallest absolute Gasteiger partial charge is 0.309 e. The zero-order valence-corrected chi connectivity index (χ0v) is 23.3. The van der Waals surface area contributed by atoms with Crippen molar-refractivity contribution in [3.05, 3.63) is 21.7 Å². The quantitative estimate of drug-likeness (QED) is 0.442. The van der Waals surface area contributed by atoms with E-state index in [1.807, 2.05) is 32.2 Å². The van der Waals surface area contributed by atoms with Crippen LogP contribution in [0, 0.1) is 36.0 Å². The van der Waals surface area contributed by atoms with Crippen molar-refractivity contribution in [2.75, 3.05) is 0 Å². The molecule has 1 aliphatic carbocycles. The second-order valence-electron chi connectivity index (χ2n) is 12.1. The standard InChI is InChI=1S/C28H41NO6S/c1-14(8-19-13-36-17(4)29-19)21-10-23-28(7,35-23)12-18-9-20(18)15(2)25(32)16(3)26(33)27(5,6)22(30)11-24(31)34-21/h8,13,15-16,18,20-23,25,30,32H,9-12H2,1-7H3/t15-,16+,18+,20+,21-,22-,23-,25-,28+/m0/s1. The van der Waals surface area contributed by atoms with Crippen LogP contribution >= 0.6 is 11.3 Å². The van der Waals surface area contributed by atoms with Gasteiger partial charge in [-0.15, -0.1) is 11.3 Å². The highest BCUT2D eigenvalue weighted by molar-refractivity contribution is 7.09. The molecule has 1 aromatic heterocycles. The SMILES string of the molecule is CC(=Cc1csc(C)n1)[C@@H]1C[C@@H]2O[C@]2(C)C[C@H]2C[C@@H]2[C@H](C)[C@H](O)[C@@H](C)C(=O)C(C)(C)[C@@H](O)CC(=O)O1. The number of ketones is 1. The zero-order valence-electron chi connectivity index (χ0n) is 22.5. The molecule has 0 amide bonds. The number of aliphatic hydroxyl groups excluding tert-OH is 2. The van der Waals surface area contributed by atoms with Crippen LogP contribution < -0.4 is 0 Å². The molecule has 3 heterocycles. The molecule has 0 spiro atoms. The highest BCUT2D eigenvalue weighted by Crippen LogP contribution is 2.56. The van der Waals surface area contributed by atoms with Crippen molar-refractivity contribution in [2.45, 2.75) is 104 Å². The fraction of sp³-hybridized carbons (Fsp3) is 0.750. The van der Waals surface area contributed by atoms with Gasteiger partial charge in [0.15, 0.2) is 0 Å². The number of hydrogen-bond donors (Lipinski definition) is 2. The van der Waals surface area contributed by atoms with Gasteiger partial charge in [0.25, 0.3) is 0 Å². The maximum Gasteiger partial charge on any atom is 0.309 e. The fourth-order valence-corrected chi connectivity index (χ4v) is 6.54. The molecule has 2 saturated heterocycles. The molecule has 200 valence electrons. The number of carbonyl (C=O) groups is 2. The van der Waals surface area contributed by atoms with Gasteiger partial charge in [-0.05, 0) is 63.0 Å². The number of hydrogen-bond acceptors (Lipinski definition) is 8. The summed E-state index contributed by atoms with van der Waals surface area (Å²) < 4.78 is 12.1. The third-order valence-electron chi connectivity index (χ3n) is 8.87. The average molecular weight is 520 g/mol. The number of aryl methyl sites for hydroxylation is 1. The number of Topliss-reactive ketones (excluding diaryl/α,β-unsaturated/α-hetero) is 1. The summed E-state index contributed by atoms with van der Waals surface area (Å²) in [7, 11) is 0. The molecule has 3 aliphatic rings. The van der Waals surface area contributed by atoms with E-state index in [9.17, 15) is 19.8 Å². The number of carbonyl (C=O) groups excluding carboxylic acids is 2.